The first-order valence-corrected chi connectivity index (χ1v) is 8.17. The topological polar surface area (TPSA) is 106 Å². The second-order valence-electron chi connectivity index (χ2n) is 5.97. The van der Waals surface area contributed by atoms with Crippen LogP contribution in [0.15, 0.2) is 58.1 Å². The quantitative estimate of drug-likeness (QED) is 0.555. The van der Waals surface area contributed by atoms with Gasteiger partial charge in [0.2, 0.25) is 0 Å². The van der Waals surface area contributed by atoms with Crippen molar-refractivity contribution in [3.63, 3.8) is 0 Å². The van der Waals surface area contributed by atoms with Crippen LogP contribution in [0.4, 0.5) is 0 Å². The van der Waals surface area contributed by atoms with Gasteiger partial charge in [-0.25, -0.2) is 14.9 Å². The molecule has 3 heterocycles. The number of aromatic amines is 1. The molecule has 3 aromatic heterocycles. The molecular formula is C19H14N4O4. The number of ether oxygens (including phenoxy) is 1. The summed E-state index contributed by atoms with van der Waals surface area (Å²) in [6, 6.07) is 13.3. The van der Waals surface area contributed by atoms with Gasteiger partial charge in [-0.2, -0.15) is 5.10 Å². The first-order valence-electron chi connectivity index (χ1n) is 8.17. The van der Waals surface area contributed by atoms with Crippen molar-refractivity contribution in [2.24, 2.45) is 0 Å². The second-order valence-corrected chi connectivity index (χ2v) is 5.97. The number of esters is 1. The van der Waals surface area contributed by atoms with Crippen LogP contribution in [0.1, 0.15) is 21.9 Å². The van der Waals surface area contributed by atoms with Crippen LogP contribution in [0.5, 0.6) is 0 Å². The minimum atomic E-state index is -0.714. The Hall–Kier alpha value is -3.81. The van der Waals surface area contributed by atoms with Crippen molar-refractivity contribution < 1.29 is 9.53 Å². The predicted octanol–water partition coefficient (Wildman–Crippen LogP) is 1.60. The Morgan fingerprint density at radius 1 is 1.11 bits per heavy atom. The number of benzene rings is 1. The van der Waals surface area contributed by atoms with Gasteiger partial charge in [0.05, 0.1) is 11.1 Å². The molecule has 0 saturated heterocycles. The summed E-state index contributed by atoms with van der Waals surface area (Å²) in [5.41, 5.74) is 0.920. The number of hydrogen-bond acceptors (Lipinski definition) is 6. The molecule has 0 atom stereocenters. The van der Waals surface area contributed by atoms with Gasteiger partial charge in [-0.15, -0.1) is 0 Å². The highest BCUT2D eigenvalue weighted by atomic mass is 16.5. The first kappa shape index (κ1) is 16.6. The summed E-state index contributed by atoms with van der Waals surface area (Å²) in [6.45, 7) is 1.62. The Morgan fingerprint density at radius 2 is 1.89 bits per heavy atom. The highest BCUT2D eigenvalue weighted by molar-refractivity contribution is 6.01. The Balaban J connectivity index is 1.64. The van der Waals surface area contributed by atoms with Crippen molar-refractivity contribution in [1.82, 2.24) is 19.6 Å². The lowest BCUT2D eigenvalue weighted by Gasteiger charge is -2.08. The number of rotatable bonds is 3. The highest BCUT2D eigenvalue weighted by Crippen LogP contribution is 2.14. The summed E-state index contributed by atoms with van der Waals surface area (Å²) in [4.78, 5) is 40.9. The molecule has 0 unspecified atom stereocenters. The Labute approximate surface area is 152 Å². The van der Waals surface area contributed by atoms with Crippen molar-refractivity contribution in [3.8, 4) is 0 Å². The maximum Gasteiger partial charge on any atom is 0.359 e. The molecule has 0 radical (unpaired) electrons. The summed E-state index contributed by atoms with van der Waals surface area (Å²) >= 11 is 0. The molecule has 1 N–H and O–H groups in total. The molecule has 8 heteroatoms. The zero-order chi connectivity index (χ0) is 19.0. The maximum absolute atomic E-state index is 12.4. The van der Waals surface area contributed by atoms with Crippen LogP contribution in [0, 0.1) is 6.92 Å². The van der Waals surface area contributed by atoms with Crippen LogP contribution < -0.4 is 11.1 Å². The fourth-order valence-electron chi connectivity index (χ4n) is 2.92. The first-order chi connectivity index (χ1) is 13.0. The number of carbonyl (C=O) groups excluding carboxylic acids is 1. The number of nitrogens with zero attached hydrogens (tertiary/aromatic N) is 3. The monoisotopic (exact) mass is 362 g/mol. The van der Waals surface area contributed by atoms with Crippen LogP contribution in [0.2, 0.25) is 0 Å². The van der Waals surface area contributed by atoms with Crippen molar-refractivity contribution in [1.29, 1.82) is 0 Å². The van der Waals surface area contributed by atoms with Crippen LogP contribution >= 0.6 is 0 Å². The van der Waals surface area contributed by atoms with Gasteiger partial charge in [0.15, 0.2) is 5.69 Å². The molecule has 0 bridgehead atoms. The molecule has 134 valence electrons. The molecule has 8 nitrogen and oxygen atoms in total. The third-order valence-corrected chi connectivity index (χ3v) is 4.17. The van der Waals surface area contributed by atoms with Crippen LogP contribution in [0.25, 0.3) is 16.4 Å². The van der Waals surface area contributed by atoms with E-state index < -0.39 is 5.97 Å². The average molecular weight is 362 g/mol. The van der Waals surface area contributed by atoms with Crippen molar-refractivity contribution in [2.75, 3.05) is 0 Å². The van der Waals surface area contributed by atoms with E-state index in [4.69, 9.17) is 4.74 Å². The fourth-order valence-corrected chi connectivity index (χ4v) is 2.92. The number of nitrogens with one attached hydrogen (secondary N) is 1. The molecule has 0 fully saturated rings. The molecule has 4 aromatic rings. The summed E-state index contributed by atoms with van der Waals surface area (Å²) in [7, 11) is 0. The van der Waals surface area contributed by atoms with Gasteiger partial charge in [-0.3, -0.25) is 14.0 Å². The lowest BCUT2D eigenvalue weighted by molar-refractivity contribution is 0.0462. The highest BCUT2D eigenvalue weighted by Gasteiger charge is 2.16. The standard InChI is InChI=1S/C19H14N4O4/c1-11-5-4-8-15-20-12(9-16(24)23(11)15)10-27-19(26)17-13-6-2-3-7-14(13)18(25)22-21-17/h2-9H,10H2,1H3,(H,22,25). The molecule has 0 amide bonds. The molecule has 4 rings (SSSR count). The number of fused-ring (bicyclic) bond motifs is 2. The van der Waals surface area contributed by atoms with Gasteiger partial charge in [0.1, 0.15) is 12.3 Å². The van der Waals surface area contributed by atoms with Crippen LogP contribution in [0.3, 0.4) is 0 Å². The van der Waals surface area contributed by atoms with Crippen molar-refractivity contribution in [2.45, 2.75) is 13.5 Å². The Bertz CT molecular complexity index is 1310. The molecule has 1 aromatic carbocycles. The third kappa shape index (κ3) is 2.97. The van der Waals surface area contributed by atoms with Gasteiger partial charge >= 0.3 is 5.97 Å². The van der Waals surface area contributed by atoms with E-state index in [1.54, 1.807) is 36.4 Å². The molecule has 0 aliphatic rings. The van der Waals surface area contributed by atoms with Gasteiger partial charge in [-0.05, 0) is 25.1 Å². The largest absolute Gasteiger partial charge is 0.454 e. The van der Waals surface area contributed by atoms with E-state index in [9.17, 15) is 14.4 Å². The molecule has 0 aliphatic carbocycles. The fraction of sp³-hybridized carbons (Fsp3) is 0.105. The van der Waals surface area contributed by atoms with E-state index in [2.05, 4.69) is 15.2 Å². The van der Waals surface area contributed by atoms with Crippen LogP contribution in [-0.2, 0) is 11.3 Å². The number of H-pyrrole nitrogens is 1. The maximum atomic E-state index is 12.4. The number of carbonyl (C=O) groups is 1. The van der Waals surface area contributed by atoms with E-state index in [0.717, 1.165) is 5.69 Å². The van der Waals surface area contributed by atoms with Crippen LogP contribution in [-0.4, -0.2) is 25.6 Å². The van der Waals surface area contributed by atoms with Gasteiger partial charge < -0.3 is 4.74 Å². The zero-order valence-electron chi connectivity index (χ0n) is 14.3. The third-order valence-electron chi connectivity index (χ3n) is 4.17. The van der Waals surface area contributed by atoms with Gasteiger partial charge in [0.25, 0.3) is 11.1 Å². The SMILES string of the molecule is Cc1cccc2nc(COC(=O)c3n[nH]c(=O)c4ccccc34)cc(=O)n12. The van der Waals surface area contributed by atoms with E-state index in [1.807, 2.05) is 13.0 Å². The lowest BCUT2D eigenvalue weighted by atomic mass is 10.1. The van der Waals surface area contributed by atoms with Crippen molar-refractivity contribution in [3.05, 3.63) is 86.3 Å². The summed E-state index contributed by atoms with van der Waals surface area (Å²) < 4.78 is 6.74. The number of aryl methyl sites for hydroxylation is 1. The average Bonchev–Trinajstić information content (AvgIpc) is 2.66. The lowest BCUT2D eigenvalue weighted by Crippen LogP contribution is -2.19. The van der Waals surface area contributed by atoms with Crippen molar-refractivity contribution >= 4 is 22.4 Å². The van der Waals surface area contributed by atoms with Gasteiger partial charge in [0, 0.05) is 17.1 Å². The minimum absolute atomic E-state index is 0.00134. The number of hydrogen-bond donors (Lipinski definition) is 1. The molecule has 0 saturated carbocycles. The second kappa shape index (κ2) is 6.49. The number of aromatic nitrogens is 4. The normalized spacial score (nSPS) is 11.0. The van der Waals surface area contributed by atoms with E-state index in [1.165, 1.54) is 10.5 Å². The molecule has 27 heavy (non-hydrogen) atoms. The minimum Gasteiger partial charge on any atom is -0.454 e. The van der Waals surface area contributed by atoms with E-state index in [0.29, 0.717) is 22.1 Å². The number of pyridine rings is 1. The molecular weight excluding hydrogens is 348 g/mol. The smallest absolute Gasteiger partial charge is 0.359 e. The zero-order valence-corrected chi connectivity index (χ0v) is 14.3. The van der Waals surface area contributed by atoms with E-state index in [-0.39, 0.29) is 23.4 Å². The summed E-state index contributed by atoms with van der Waals surface area (Å²) in [6.07, 6.45) is 0. The van der Waals surface area contributed by atoms with Gasteiger partial charge in [-0.1, -0.05) is 24.3 Å². The molecule has 0 aliphatic heterocycles. The Kier molecular flexibility index (Phi) is 4.00. The summed E-state index contributed by atoms with van der Waals surface area (Å²) in [5.74, 6) is -0.714. The summed E-state index contributed by atoms with van der Waals surface area (Å²) in [5, 5.41) is 6.83. The van der Waals surface area contributed by atoms with E-state index >= 15 is 0 Å². The predicted molar refractivity (Wildman–Crippen MR) is 97.7 cm³/mol. The Morgan fingerprint density at radius 3 is 2.70 bits per heavy atom. The molecule has 0 spiro atoms.